The first-order chi connectivity index (χ1) is 9.29. The molecule has 1 aromatic heterocycles. The lowest BCUT2D eigenvalue weighted by atomic mass is 10.1. The fourth-order valence-electron chi connectivity index (χ4n) is 1.59. The summed E-state index contributed by atoms with van der Waals surface area (Å²) in [6.07, 6.45) is -3.74. The lowest BCUT2D eigenvalue weighted by Gasteiger charge is -2.08. The first-order valence-corrected chi connectivity index (χ1v) is 5.35. The van der Waals surface area contributed by atoms with Crippen molar-refractivity contribution in [1.29, 1.82) is 0 Å². The van der Waals surface area contributed by atoms with Crippen LogP contribution in [0.2, 0.25) is 0 Å². The summed E-state index contributed by atoms with van der Waals surface area (Å²) >= 11 is 0. The first kappa shape index (κ1) is 14.0. The molecule has 20 heavy (non-hydrogen) atoms. The fourth-order valence-corrected chi connectivity index (χ4v) is 1.59. The van der Waals surface area contributed by atoms with Crippen molar-refractivity contribution >= 4 is 5.97 Å². The van der Waals surface area contributed by atoms with Crippen LogP contribution in [0.1, 0.15) is 15.9 Å². The van der Waals surface area contributed by atoms with Crippen molar-refractivity contribution in [3.63, 3.8) is 0 Å². The van der Waals surface area contributed by atoms with Crippen LogP contribution in [0.5, 0.6) is 0 Å². The number of nitrogens with zero attached hydrogens (tertiary/aromatic N) is 1. The van der Waals surface area contributed by atoms with E-state index in [0.717, 1.165) is 36.5 Å². The van der Waals surface area contributed by atoms with Crippen molar-refractivity contribution in [2.45, 2.75) is 6.18 Å². The normalized spacial score (nSPS) is 11.4. The Morgan fingerprint density at radius 3 is 2.25 bits per heavy atom. The van der Waals surface area contributed by atoms with Crippen molar-refractivity contribution < 1.29 is 27.5 Å². The summed E-state index contributed by atoms with van der Waals surface area (Å²) in [6.45, 7) is 0. The Labute approximate surface area is 110 Å². The number of benzene rings is 1. The standard InChI is InChI=1S/C13H7F4NO2/c14-10-6-18-11(5-9(10)12(19)20)7-1-3-8(4-2-7)13(15,16)17/h1-6H,(H,19,20). The topological polar surface area (TPSA) is 50.2 Å². The third-order valence-electron chi connectivity index (χ3n) is 2.59. The number of hydrogen-bond donors (Lipinski definition) is 1. The van der Waals surface area contributed by atoms with E-state index in [9.17, 15) is 22.4 Å². The zero-order valence-electron chi connectivity index (χ0n) is 9.78. The number of carbonyl (C=O) groups is 1. The van der Waals surface area contributed by atoms with Gasteiger partial charge in [0.1, 0.15) is 0 Å². The molecule has 0 aliphatic carbocycles. The maximum atomic E-state index is 13.2. The largest absolute Gasteiger partial charge is 0.478 e. The highest BCUT2D eigenvalue weighted by atomic mass is 19.4. The van der Waals surface area contributed by atoms with Crippen LogP contribution < -0.4 is 0 Å². The summed E-state index contributed by atoms with van der Waals surface area (Å²) in [4.78, 5) is 14.4. The zero-order valence-corrected chi connectivity index (χ0v) is 9.78. The van der Waals surface area contributed by atoms with Gasteiger partial charge in [-0.3, -0.25) is 4.98 Å². The summed E-state index contributed by atoms with van der Waals surface area (Å²) in [5, 5.41) is 8.77. The number of aromatic nitrogens is 1. The third-order valence-corrected chi connectivity index (χ3v) is 2.59. The average molecular weight is 285 g/mol. The predicted octanol–water partition coefficient (Wildman–Crippen LogP) is 3.60. The van der Waals surface area contributed by atoms with Gasteiger partial charge in [-0.25, -0.2) is 9.18 Å². The maximum Gasteiger partial charge on any atom is 0.416 e. The van der Waals surface area contributed by atoms with Gasteiger partial charge < -0.3 is 5.11 Å². The summed E-state index contributed by atoms with van der Waals surface area (Å²) in [6, 6.07) is 4.96. The molecule has 0 amide bonds. The van der Waals surface area contributed by atoms with E-state index >= 15 is 0 Å². The van der Waals surface area contributed by atoms with E-state index < -0.39 is 29.1 Å². The second-order valence-electron chi connectivity index (χ2n) is 3.93. The van der Waals surface area contributed by atoms with Gasteiger partial charge in [-0.2, -0.15) is 13.2 Å². The first-order valence-electron chi connectivity index (χ1n) is 5.35. The molecule has 1 N–H and O–H groups in total. The number of aromatic carboxylic acids is 1. The van der Waals surface area contributed by atoms with Gasteiger partial charge in [0, 0.05) is 5.56 Å². The van der Waals surface area contributed by atoms with Gasteiger partial charge in [0.2, 0.25) is 0 Å². The highest BCUT2D eigenvalue weighted by Gasteiger charge is 2.30. The fraction of sp³-hybridized carbons (Fsp3) is 0.0769. The molecule has 104 valence electrons. The molecule has 2 aromatic rings. The van der Waals surface area contributed by atoms with Gasteiger partial charge in [-0.15, -0.1) is 0 Å². The number of pyridine rings is 1. The van der Waals surface area contributed by atoms with Crippen LogP contribution in [0.4, 0.5) is 17.6 Å². The molecule has 0 aliphatic heterocycles. The van der Waals surface area contributed by atoms with Crippen LogP contribution in [-0.4, -0.2) is 16.1 Å². The highest BCUT2D eigenvalue weighted by molar-refractivity contribution is 5.89. The third kappa shape index (κ3) is 2.76. The molecule has 3 nitrogen and oxygen atoms in total. The van der Waals surface area contributed by atoms with E-state index in [1.807, 2.05) is 0 Å². The lowest BCUT2D eigenvalue weighted by molar-refractivity contribution is -0.137. The van der Waals surface area contributed by atoms with Crippen LogP contribution in [0, 0.1) is 5.82 Å². The van der Waals surface area contributed by atoms with Crippen molar-refractivity contribution in [3.8, 4) is 11.3 Å². The molecule has 0 unspecified atom stereocenters. The average Bonchev–Trinajstić information content (AvgIpc) is 2.38. The smallest absolute Gasteiger partial charge is 0.416 e. The van der Waals surface area contributed by atoms with E-state index in [4.69, 9.17) is 5.11 Å². The molecule has 0 saturated heterocycles. The van der Waals surface area contributed by atoms with Crippen LogP contribution in [0.15, 0.2) is 36.5 Å². The van der Waals surface area contributed by atoms with Crippen molar-refractivity contribution in [3.05, 3.63) is 53.5 Å². The Morgan fingerprint density at radius 1 is 1.15 bits per heavy atom. The van der Waals surface area contributed by atoms with E-state index in [2.05, 4.69) is 4.98 Å². The van der Waals surface area contributed by atoms with E-state index in [-0.39, 0.29) is 11.3 Å². The van der Waals surface area contributed by atoms with Gasteiger partial charge in [-0.1, -0.05) is 12.1 Å². The van der Waals surface area contributed by atoms with E-state index in [1.54, 1.807) is 0 Å². The van der Waals surface area contributed by atoms with Crippen LogP contribution in [0.3, 0.4) is 0 Å². The van der Waals surface area contributed by atoms with Crippen LogP contribution in [-0.2, 0) is 6.18 Å². The molecular formula is C13H7F4NO2. The summed E-state index contributed by atoms with van der Waals surface area (Å²) in [5.74, 6) is -2.48. The van der Waals surface area contributed by atoms with Crippen LogP contribution in [0.25, 0.3) is 11.3 Å². The number of halogens is 4. The number of hydrogen-bond acceptors (Lipinski definition) is 2. The summed E-state index contributed by atoms with van der Waals surface area (Å²) < 4.78 is 50.4. The monoisotopic (exact) mass is 285 g/mol. The van der Waals surface area contributed by atoms with Crippen molar-refractivity contribution in [1.82, 2.24) is 4.98 Å². The molecule has 0 saturated carbocycles. The zero-order chi connectivity index (χ0) is 14.9. The summed E-state index contributed by atoms with van der Waals surface area (Å²) in [7, 11) is 0. The molecule has 0 aliphatic rings. The Kier molecular flexibility index (Phi) is 3.44. The quantitative estimate of drug-likeness (QED) is 0.858. The molecule has 0 radical (unpaired) electrons. The number of alkyl halides is 3. The Hall–Kier alpha value is -2.44. The minimum absolute atomic E-state index is 0.0810. The molecule has 2 rings (SSSR count). The Bertz CT molecular complexity index is 650. The maximum absolute atomic E-state index is 13.2. The van der Waals surface area contributed by atoms with E-state index in [0.29, 0.717) is 0 Å². The molecule has 7 heteroatoms. The second kappa shape index (κ2) is 4.92. The molecule has 0 spiro atoms. The highest BCUT2D eigenvalue weighted by Crippen LogP contribution is 2.30. The Morgan fingerprint density at radius 2 is 1.75 bits per heavy atom. The van der Waals surface area contributed by atoms with Gasteiger partial charge in [-0.05, 0) is 18.2 Å². The van der Waals surface area contributed by atoms with Gasteiger partial charge >= 0.3 is 12.1 Å². The van der Waals surface area contributed by atoms with Gasteiger partial charge in [0.15, 0.2) is 5.82 Å². The van der Waals surface area contributed by atoms with Gasteiger partial charge in [0.05, 0.1) is 23.0 Å². The van der Waals surface area contributed by atoms with Crippen molar-refractivity contribution in [2.24, 2.45) is 0 Å². The second-order valence-corrected chi connectivity index (χ2v) is 3.93. The van der Waals surface area contributed by atoms with Crippen LogP contribution >= 0.6 is 0 Å². The molecule has 0 bridgehead atoms. The predicted molar refractivity (Wildman–Crippen MR) is 61.6 cm³/mol. The number of carboxylic acids is 1. The number of rotatable bonds is 2. The van der Waals surface area contributed by atoms with E-state index in [1.165, 1.54) is 0 Å². The van der Waals surface area contributed by atoms with Crippen molar-refractivity contribution in [2.75, 3.05) is 0 Å². The molecular weight excluding hydrogens is 278 g/mol. The Balaban J connectivity index is 2.42. The molecule has 0 atom stereocenters. The minimum Gasteiger partial charge on any atom is -0.478 e. The molecule has 0 fully saturated rings. The van der Waals surface area contributed by atoms with Gasteiger partial charge in [0.25, 0.3) is 0 Å². The number of carboxylic acid groups (broad SMARTS) is 1. The lowest BCUT2D eigenvalue weighted by Crippen LogP contribution is -2.04. The minimum atomic E-state index is -4.46. The SMILES string of the molecule is O=C(O)c1cc(-c2ccc(C(F)(F)F)cc2)ncc1F. The summed E-state index contributed by atoms with van der Waals surface area (Å²) in [5.41, 5.74) is -1.07. The molecule has 1 aromatic carbocycles. The molecule has 1 heterocycles.